The molecule has 2 aliphatic heterocycles. The van der Waals surface area contributed by atoms with Gasteiger partial charge in [0.2, 0.25) is 5.95 Å². The molecule has 0 atom stereocenters. The monoisotopic (exact) mass is 501 g/mol. The second kappa shape index (κ2) is 11.6. The molecule has 192 valence electrons. The van der Waals surface area contributed by atoms with Gasteiger partial charge in [0.15, 0.2) is 5.82 Å². The highest BCUT2D eigenvalue weighted by Gasteiger charge is 2.28. The van der Waals surface area contributed by atoms with Crippen LogP contribution in [0.2, 0.25) is 5.02 Å². The van der Waals surface area contributed by atoms with E-state index in [1.807, 2.05) is 0 Å². The number of aromatic nitrogens is 2. The van der Waals surface area contributed by atoms with Crippen LogP contribution in [0.5, 0.6) is 5.75 Å². The van der Waals surface area contributed by atoms with E-state index >= 15 is 0 Å². The summed E-state index contributed by atoms with van der Waals surface area (Å²) < 4.78 is 5.79. The van der Waals surface area contributed by atoms with Crippen molar-refractivity contribution >= 4 is 34.7 Å². The third-order valence-electron chi connectivity index (χ3n) is 7.06. The van der Waals surface area contributed by atoms with E-state index in [1.165, 1.54) is 50.3 Å². The number of rotatable bonds is 8. The number of piperidine rings is 1. The van der Waals surface area contributed by atoms with Crippen molar-refractivity contribution in [3.8, 4) is 5.75 Å². The van der Waals surface area contributed by atoms with Crippen LogP contribution in [0.25, 0.3) is 0 Å². The van der Waals surface area contributed by atoms with Gasteiger partial charge in [0.05, 0.1) is 19.0 Å². The molecule has 8 nitrogen and oxygen atoms in total. The van der Waals surface area contributed by atoms with Gasteiger partial charge in [-0.2, -0.15) is 4.98 Å². The molecule has 0 unspecified atom stereocenters. The van der Waals surface area contributed by atoms with Gasteiger partial charge in [-0.05, 0) is 51.8 Å². The average Bonchev–Trinajstić information content (AvgIpc) is 2.86. The zero-order valence-corrected chi connectivity index (χ0v) is 22.5. The smallest absolute Gasteiger partial charge is 0.229 e. The van der Waals surface area contributed by atoms with E-state index in [-0.39, 0.29) is 6.04 Å². The van der Waals surface area contributed by atoms with Crippen molar-refractivity contribution in [2.75, 3.05) is 69.0 Å². The van der Waals surface area contributed by atoms with E-state index in [1.54, 1.807) is 13.3 Å². The summed E-state index contributed by atoms with van der Waals surface area (Å²) in [6, 6.07) is 5.26. The lowest BCUT2D eigenvalue weighted by atomic mass is 9.99. The van der Waals surface area contributed by atoms with Crippen LogP contribution in [0.4, 0.5) is 23.1 Å². The Hall–Kier alpha value is -2.29. The van der Waals surface area contributed by atoms with Crippen molar-refractivity contribution in [2.24, 2.45) is 0 Å². The number of ether oxygens (including phenoxy) is 1. The Morgan fingerprint density at radius 3 is 2.46 bits per heavy atom. The molecule has 0 saturated carbocycles. The number of aryl methyl sites for hydroxylation is 1. The molecule has 1 aromatic heterocycles. The zero-order chi connectivity index (χ0) is 24.9. The maximum atomic E-state index is 6.27. The van der Waals surface area contributed by atoms with Gasteiger partial charge in [0.25, 0.3) is 0 Å². The zero-order valence-electron chi connectivity index (χ0n) is 21.8. The average molecular weight is 502 g/mol. The number of methoxy groups -OCH3 is 1. The molecular formula is C26H40ClN7O. The van der Waals surface area contributed by atoms with Crippen LogP contribution in [-0.4, -0.2) is 85.3 Å². The third kappa shape index (κ3) is 6.29. The number of halogens is 1. The van der Waals surface area contributed by atoms with Gasteiger partial charge in [-0.3, -0.25) is 4.90 Å². The van der Waals surface area contributed by atoms with Crippen molar-refractivity contribution in [3.05, 3.63) is 28.9 Å². The number of benzene rings is 1. The Balaban J connectivity index is 1.49. The topological polar surface area (TPSA) is 68.8 Å². The molecular weight excluding hydrogens is 462 g/mol. The van der Waals surface area contributed by atoms with Crippen molar-refractivity contribution in [1.82, 2.24) is 19.8 Å². The lowest BCUT2D eigenvalue weighted by Crippen LogP contribution is -2.52. The van der Waals surface area contributed by atoms with Crippen molar-refractivity contribution in [1.29, 1.82) is 0 Å². The van der Waals surface area contributed by atoms with Crippen LogP contribution in [-0.2, 0) is 6.42 Å². The molecule has 3 heterocycles. The standard InChI is InChI=1S/C26H40ClN7O/c1-6-19-15-22(30-26-28-17-21(27)25(31-26)29-18(2)3)24(35-5)16-23(19)34-9-7-20(8-10-34)33-13-11-32(4)12-14-33/h15-18,20H,6-14H2,1-5H3,(H2,28,29,30,31). The lowest BCUT2D eigenvalue weighted by Gasteiger charge is -2.43. The van der Waals surface area contributed by atoms with Gasteiger partial charge in [-0.15, -0.1) is 0 Å². The van der Waals surface area contributed by atoms with E-state index in [4.69, 9.17) is 16.3 Å². The van der Waals surface area contributed by atoms with Gasteiger partial charge in [0, 0.05) is 63.1 Å². The van der Waals surface area contributed by atoms with Crippen LogP contribution >= 0.6 is 11.6 Å². The molecule has 4 rings (SSSR count). The number of hydrogen-bond acceptors (Lipinski definition) is 8. The quantitative estimate of drug-likeness (QED) is 0.548. The van der Waals surface area contributed by atoms with E-state index in [2.05, 4.69) is 75.3 Å². The first-order valence-corrected chi connectivity index (χ1v) is 13.2. The van der Waals surface area contributed by atoms with E-state index < -0.39 is 0 Å². The first-order chi connectivity index (χ1) is 16.9. The molecule has 2 N–H and O–H groups in total. The molecule has 1 aromatic carbocycles. The van der Waals surface area contributed by atoms with E-state index in [0.29, 0.717) is 22.8 Å². The predicted octanol–water partition coefficient (Wildman–Crippen LogP) is 4.48. The number of hydrogen-bond donors (Lipinski definition) is 2. The molecule has 35 heavy (non-hydrogen) atoms. The number of piperazine rings is 1. The van der Waals surface area contributed by atoms with Gasteiger partial charge in [-0.1, -0.05) is 18.5 Å². The first-order valence-electron chi connectivity index (χ1n) is 12.8. The summed E-state index contributed by atoms with van der Waals surface area (Å²) in [6.07, 6.45) is 4.97. The van der Waals surface area contributed by atoms with E-state index in [9.17, 15) is 0 Å². The van der Waals surface area contributed by atoms with Crippen molar-refractivity contribution in [3.63, 3.8) is 0 Å². The summed E-state index contributed by atoms with van der Waals surface area (Å²) in [5.74, 6) is 1.89. The minimum atomic E-state index is 0.219. The molecule has 2 aromatic rings. The summed E-state index contributed by atoms with van der Waals surface area (Å²) >= 11 is 6.27. The maximum absolute atomic E-state index is 6.27. The normalized spacial score (nSPS) is 18.2. The van der Waals surface area contributed by atoms with E-state index in [0.717, 1.165) is 30.9 Å². The highest BCUT2D eigenvalue weighted by atomic mass is 35.5. The fourth-order valence-corrected chi connectivity index (χ4v) is 5.19. The molecule has 9 heteroatoms. The van der Waals surface area contributed by atoms with Crippen LogP contribution in [0.1, 0.15) is 39.2 Å². The van der Waals surface area contributed by atoms with Crippen molar-refractivity contribution in [2.45, 2.75) is 52.1 Å². The van der Waals surface area contributed by atoms with Crippen molar-refractivity contribution < 1.29 is 4.74 Å². The molecule has 2 aliphatic rings. The SMILES string of the molecule is CCc1cc(Nc2ncc(Cl)c(NC(C)C)n2)c(OC)cc1N1CCC(N2CCN(C)CC2)CC1. The third-order valence-corrected chi connectivity index (χ3v) is 7.33. The fraction of sp³-hybridized carbons (Fsp3) is 0.615. The molecule has 0 spiro atoms. The van der Waals surface area contributed by atoms with Crippen LogP contribution in [0, 0.1) is 0 Å². The number of anilines is 4. The van der Waals surface area contributed by atoms with Crippen LogP contribution < -0.4 is 20.3 Å². The summed E-state index contributed by atoms with van der Waals surface area (Å²) in [6.45, 7) is 13.2. The summed E-state index contributed by atoms with van der Waals surface area (Å²) in [7, 11) is 3.93. The Morgan fingerprint density at radius 1 is 1.11 bits per heavy atom. The maximum Gasteiger partial charge on any atom is 0.229 e. The summed E-state index contributed by atoms with van der Waals surface area (Å²) in [4.78, 5) is 16.6. The molecule has 0 bridgehead atoms. The van der Waals surface area contributed by atoms with Gasteiger partial charge >= 0.3 is 0 Å². The highest BCUT2D eigenvalue weighted by molar-refractivity contribution is 6.32. The Kier molecular flexibility index (Phi) is 8.57. The van der Waals surface area contributed by atoms with Gasteiger partial charge in [0.1, 0.15) is 10.8 Å². The predicted molar refractivity (Wildman–Crippen MR) is 146 cm³/mol. The van der Waals surface area contributed by atoms with Crippen LogP contribution in [0.3, 0.4) is 0 Å². The lowest BCUT2D eigenvalue weighted by molar-refractivity contribution is 0.0982. The van der Waals surface area contributed by atoms with Gasteiger partial charge < -0.3 is 25.2 Å². The molecule has 0 amide bonds. The number of likely N-dealkylation sites (N-methyl/N-ethyl adjacent to an activating group) is 1. The Labute approximate surface area is 215 Å². The highest BCUT2D eigenvalue weighted by Crippen LogP contribution is 2.37. The first kappa shape index (κ1) is 25.8. The Morgan fingerprint density at radius 2 is 1.83 bits per heavy atom. The number of nitrogens with one attached hydrogen (secondary N) is 2. The summed E-state index contributed by atoms with van der Waals surface area (Å²) in [5.41, 5.74) is 3.42. The minimum absolute atomic E-state index is 0.219. The summed E-state index contributed by atoms with van der Waals surface area (Å²) in [5, 5.41) is 7.11. The number of nitrogens with zero attached hydrogens (tertiary/aromatic N) is 5. The molecule has 2 fully saturated rings. The molecule has 2 saturated heterocycles. The second-order valence-electron chi connectivity index (χ2n) is 9.91. The Bertz CT molecular complexity index is 986. The van der Waals surface area contributed by atoms with Gasteiger partial charge in [-0.25, -0.2) is 4.98 Å². The molecule has 0 aliphatic carbocycles. The fourth-order valence-electron chi connectivity index (χ4n) is 5.04. The molecule has 0 radical (unpaired) electrons. The minimum Gasteiger partial charge on any atom is -0.494 e. The largest absolute Gasteiger partial charge is 0.494 e. The second-order valence-corrected chi connectivity index (χ2v) is 10.3. The van der Waals surface area contributed by atoms with Crippen LogP contribution in [0.15, 0.2) is 18.3 Å².